The number of carbonyl (C=O) groups is 1. The van der Waals surface area contributed by atoms with Gasteiger partial charge in [-0.15, -0.1) is 4.40 Å². The van der Waals surface area contributed by atoms with Gasteiger partial charge in [-0.1, -0.05) is 12.5 Å². The van der Waals surface area contributed by atoms with E-state index in [4.69, 9.17) is 0 Å². The molecule has 9 heteroatoms. The van der Waals surface area contributed by atoms with Crippen molar-refractivity contribution in [2.24, 2.45) is 4.40 Å². The summed E-state index contributed by atoms with van der Waals surface area (Å²) in [6.07, 6.45) is 3.44. The van der Waals surface area contributed by atoms with Crippen LogP contribution in [0.1, 0.15) is 54.6 Å². The van der Waals surface area contributed by atoms with Crippen molar-refractivity contribution >= 4 is 27.5 Å². The van der Waals surface area contributed by atoms with Gasteiger partial charge in [-0.05, 0) is 55.7 Å². The lowest BCUT2D eigenvalue weighted by Gasteiger charge is -2.29. The maximum Gasteiger partial charge on any atom is 0.286 e. The molecule has 0 aromatic heterocycles. The molecular formula is C21H21F2N3O3S. The van der Waals surface area contributed by atoms with Gasteiger partial charge < -0.3 is 10.2 Å². The van der Waals surface area contributed by atoms with Gasteiger partial charge in [-0.25, -0.2) is 8.78 Å². The second kappa shape index (κ2) is 7.79. The number of sulfonamides is 1. The molecule has 1 atom stereocenters. The molecule has 2 aliphatic heterocycles. The molecule has 1 amide bonds. The van der Waals surface area contributed by atoms with Crippen LogP contribution in [0.5, 0.6) is 0 Å². The number of anilines is 1. The number of hydrogen-bond acceptors (Lipinski definition) is 4. The number of amidine groups is 1. The molecule has 4 rings (SSSR count). The zero-order chi connectivity index (χ0) is 21.5. The van der Waals surface area contributed by atoms with Crippen LogP contribution in [0.4, 0.5) is 14.5 Å². The summed E-state index contributed by atoms with van der Waals surface area (Å²) < 4.78 is 56.0. The van der Waals surface area contributed by atoms with Crippen molar-refractivity contribution in [3.63, 3.8) is 0 Å². The maximum atomic E-state index is 13.5. The molecule has 30 heavy (non-hydrogen) atoms. The molecule has 0 spiro atoms. The van der Waals surface area contributed by atoms with Gasteiger partial charge in [-0.2, -0.15) is 8.42 Å². The number of fused-ring (bicyclic) bond motifs is 3. The van der Waals surface area contributed by atoms with Crippen LogP contribution in [0, 0.1) is 11.6 Å². The van der Waals surface area contributed by atoms with Crippen LogP contribution in [0.2, 0.25) is 0 Å². The number of carbonyl (C=O) groups excluding carboxylic acids is 1. The van der Waals surface area contributed by atoms with Crippen LogP contribution >= 0.6 is 0 Å². The first-order valence-electron chi connectivity index (χ1n) is 9.77. The van der Waals surface area contributed by atoms with Gasteiger partial charge in [0.2, 0.25) is 0 Å². The Hall–Kier alpha value is -2.81. The monoisotopic (exact) mass is 433 g/mol. The SMILES string of the molecule is C[C@@H](NC(=O)c1ccc2c(c1)S(=O)(=O)N=C1CCCCCN12)c1ccc(F)c(F)c1. The van der Waals surface area contributed by atoms with Crippen molar-refractivity contribution in [3.8, 4) is 0 Å². The molecule has 2 heterocycles. The summed E-state index contributed by atoms with van der Waals surface area (Å²) in [7, 11) is -3.90. The predicted octanol–water partition coefficient (Wildman–Crippen LogP) is 3.94. The molecule has 6 nitrogen and oxygen atoms in total. The van der Waals surface area contributed by atoms with Crippen LogP contribution in [0.15, 0.2) is 45.7 Å². The first kappa shape index (κ1) is 20.5. The number of halogens is 2. The van der Waals surface area contributed by atoms with Crippen molar-refractivity contribution in [1.29, 1.82) is 0 Å². The first-order chi connectivity index (χ1) is 14.3. The minimum atomic E-state index is -3.90. The Balaban J connectivity index is 1.61. The van der Waals surface area contributed by atoms with Gasteiger partial charge in [0.05, 0.1) is 11.7 Å². The smallest absolute Gasteiger partial charge is 0.286 e. The third kappa shape index (κ3) is 3.81. The largest absolute Gasteiger partial charge is 0.346 e. The number of amides is 1. The average molecular weight is 433 g/mol. The molecule has 1 N–H and O–H groups in total. The van der Waals surface area contributed by atoms with Gasteiger partial charge in [0.1, 0.15) is 10.7 Å². The van der Waals surface area contributed by atoms with Crippen LogP contribution < -0.4 is 10.2 Å². The summed E-state index contributed by atoms with van der Waals surface area (Å²) in [4.78, 5) is 14.6. The van der Waals surface area contributed by atoms with E-state index in [1.165, 1.54) is 12.1 Å². The Morgan fingerprint density at radius 1 is 1.10 bits per heavy atom. The molecule has 1 saturated heterocycles. The van der Waals surface area contributed by atoms with E-state index in [2.05, 4.69) is 9.71 Å². The number of rotatable bonds is 3. The van der Waals surface area contributed by atoms with Crippen LogP contribution in [-0.4, -0.2) is 26.7 Å². The number of hydrogen-bond donors (Lipinski definition) is 1. The van der Waals surface area contributed by atoms with Gasteiger partial charge in [0.25, 0.3) is 15.9 Å². The minimum Gasteiger partial charge on any atom is -0.346 e. The highest BCUT2D eigenvalue weighted by atomic mass is 32.2. The van der Waals surface area contributed by atoms with E-state index >= 15 is 0 Å². The molecule has 0 aliphatic carbocycles. The normalized spacial score (nSPS) is 18.5. The zero-order valence-electron chi connectivity index (χ0n) is 16.4. The summed E-state index contributed by atoms with van der Waals surface area (Å²) in [5, 5.41) is 2.69. The summed E-state index contributed by atoms with van der Waals surface area (Å²) in [5.41, 5.74) is 1.08. The van der Waals surface area contributed by atoms with Crippen molar-refractivity contribution in [2.75, 3.05) is 11.4 Å². The fourth-order valence-corrected chi connectivity index (χ4v) is 5.05. The lowest BCUT2D eigenvalue weighted by atomic mass is 10.1. The maximum absolute atomic E-state index is 13.5. The van der Waals surface area contributed by atoms with Crippen LogP contribution in [-0.2, 0) is 10.0 Å². The third-order valence-corrected chi connectivity index (χ3v) is 6.74. The highest BCUT2D eigenvalue weighted by Gasteiger charge is 2.32. The van der Waals surface area contributed by atoms with Crippen molar-refractivity contribution in [3.05, 3.63) is 59.2 Å². The van der Waals surface area contributed by atoms with Gasteiger partial charge in [0.15, 0.2) is 11.6 Å². The fraction of sp³-hybridized carbons (Fsp3) is 0.333. The molecule has 0 saturated carbocycles. The van der Waals surface area contributed by atoms with E-state index in [1.807, 2.05) is 4.90 Å². The molecule has 1 fully saturated rings. The van der Waals surface area contributed by atoms with E-state index in [0.717, 1.165) is 31.4 Å². The number of benzene rings is 2. The number of nitrogens with zero attached hydrogens (tertiary/aromatic N) is 2. The van der Waals surface area contributed by atoms with Gasteiger partial charge in [0, 0.05) is 18.5 Å². The molecule has 158 valence electrons. The molecule has 2 aromatic carbocycles. The molecule has 2 aliphatic rings. The Morgan fingerprint density at radius 3 is 2.67 bits per heavy atom. The van der Waals surface area contributed by atoms with Gasteiger partial charge in [-0.3, -0.25) is 4.79 Å². The summed E-state index contributed by atoms with van der Waals surface area (Å²) in [5.74, 6) is -1.94. The van der Waals surface area contributed by atoms with Gasteiger partial charge >= 0.3 is 0 Å². The van der Waals surface area contributed by atoms with Crippen LogP contribution in [0.25, 0.3) is 0 Å². The Morgan fingerprint density at radius 2 is 1.90 bits per heavy atom. The summed E-state index contributed by atoms with van der Waals surface area (Å²) in [6, 6.07) is 7.32. The molecule has 0 bridgehead atoms. The Kier molecular flexibility index (Phi) is 5.31. The summed E-state index contributed by atoms with van der Waals surface area (Å²) >= 11 is 0. The predicted molar refractivity (Wildman–Crippen MR) is 109 cm³/mol. The Bertz CT molecular complexity index is 1150. The quantitative estimate of drug-likeness (QED) is 0.795. The van der Waals surface area contributed by atoms with Crippen molar-refractivity contribution < 1.29 is 22.0 Å². The fourth-order valence-electron chi connectivity index (χ4n) is 3.77. The highest BCUT2D eigenvalue weighted by Crippen LogP contribution is 2.35. The van der Waals surface area contributed by atoms with E-state index in [-0.39, 0.29) is 10.5 Å². The van der Waals surface area contributed by atoms with E-state index in [0.29, 0.717) is 30.1 Å². The van der Waals surface area contributed by atoms with Crippen molar-refractivity contribution in [2.45, 2.75) is 43.5 Å². The van der Waals surface area contributed by atoms with E-state index in [9.17, 15) is 22.0 Å². The molecule has 0 radical (unpaired) electrons. The van der Waals surface area contributed by atoms with E-state index < -0.39 is 33.6 Å². The molecular weight excluding hydrogens is 412 g/mol. The van der Waals surface area contributed by atoms with Crippen LogP contribution in [0.3, 0.4) is 0 Å². The number of nitrogens with one attached hydrogen (secondary N) is 1. The second-order valence-corrected chi connectivity index (χ2v) is 9.07. The topological polar surface area (TPSA) is 78.8 Å². The third-order valence-electron chi connectivity index (χ3n) is 5.40. The molecule has 2 aromatic rings. The second-order valence-electron chi connectivity index (χ2n) is 7.50. The minimum absolute atomic E-state index is 0.00118. The lowest BCUT2D eigenvalue weighted by Crippen LogP contribution is -2.35. The standard InChI is InChI=1S/C21H21F2N3O3S/c1-13(14-6-8-16(22)17(23)11-14)24-21(27)15-7-9-18-19(12-15)30(28,29)25-20-5-3-2-4-10-26(18)20/h6-9,11-13H,2-5,10H2,1H3,(H,24,27)/t13-/m1/s1. The lowest BCUT2D eigenvalue weighted by molar-refractivity contribution is 0.0939. The van der Waals surface area contributed by atoms with E-state index in [1.54, 1.807) is 19.1 Å². The first-order valence-corrected chi connectivity index (χ1v) is 11.2. The zero-order valence-corrected chi connectivity index (χ0v) is 17.2. The van der Waals surface area contributed by atoms with Crippen molar-refractivity contribution in [1.82, 2.24) is 5.32 Å². The Labute approximate surface area is 173 Å². The average Bonchev–Trinajstić information content (AvgIpc) is 2.94. The highest BCUT2D eigenvalue weighted by molar-refractivity contribution is 7.90. The molecule has 0 unspecified atom stereocenters. The summed E-state index contributed by atoms with van der Waals surface area (Å²) in [6.45, 7) is 2.31.